The van der Waals surface area contributed by atoms with Crippen molar-refractivity contribution in [1.82, 2.24) is 0 Å². The van der Waals surface area contributed by atoms with Crippen molar-refractivity contribution in [3.63, 3.8) is 0 Å². The van der Waals surface area contributed by atoms with E-state index in [1.54, 1.807) is 0 Å². The predicted molar refractivity (Wildman–Crippen MR) is 38.2 cm³/mol. The first-order chi connectivity index (χ1) is 4.36. The van der Waals surface area contributed by atoms with Crippen molar-refractivity contribution in [2.45, 2.75) is 39.2 Å². The second kappa shape index (κ2) is 2.90. The summed E-state index contributed by atoms with van der Waals surface area (Å²) in [6.07, 6.45) is 5.86. The zero-order chi connectivity index (χ0) is 6.69. The average Bonchev–Trinajstić information content (AvgIpc) is 2.34. The highest BCUT2D eigenvalue weighted by Crippen LogP contribution is 2.21. The van der Waals surface area contributed by atoms with Gasteiger partial charge in [0, 0.05) is 6.42 Å². The first-order valence-corrected chi connectivity index (χ1v) is 3.70. The lowest BCUT2D eigenvalue weighted by Crippen LogP contribution is -2.01. The summed E-state index contributed by atoms with van der Waals surface area (Å²) >= 11 is 0. The minimum absolute atomic E-state index is 0.486. The third kappa shape index (κ3) is 1.47. The van der Waals surface area contributed by atoms with Crippen LogP contribution in [0.25, 0.3) is 0 Å². The Morgan fingerprint density at radius 2 is 2.44 bits per heavy atom. The Kier molecular flexibility index (Phi) is 2.15. The van der Waals surface area contributed by atoms with Crippen LogP contribution >= 0.6 is 0 Å². The number of ether oxygens (including phenoxy) is 1. The molecule has 1 heteroatoms. The highest BCUT2D eigenvalue weighted by Gasteiger charge is 2.13. The molecule has 1 rings (SSSR count). The van der Waals surface area contributed by atoms with E-state index >= 15 is 0 Å². The van der Waals surface area contributed by atoms with Gasteiger partial charge in [-0.2, -0.15) is 0 Å². The van der Waals surface area contributed by atoms with Crippen molar-refractivity contribution in [2.75, 3.05) is 0 Å². The third-order valence-electron chi connectivity index (χ3n) is 1.83. The first kappa shape index (κ1) is 6.66. The zero-order valence-corrected chi connectivity index (χ0v) is 6.18. The summed E-state index contributed by atoms with van der Waals surface area (Å²) in [5, 5.41) is 0. The van der Waals surface area contributed by atoms with E-state index in [0.29, 0.717) is 6.10 Å². The molecule has 0 spiro atoms. The summed E-state index contributed by atoms with van der Waals surface area (Å²) in [5.41, 5.74) is 1.46. The quantitative estimate of drug-likeness (QED) is 0.552. The Labute approximate surface area is 56.7 Å². The van der Waals surface area contributed by atoms with E-state index in [2.05, 4.69) is 13.8 Å². The Morgan fingerprint density at radius 3 is 2.78 bits per heavy atom. The number of hydrogen-bond acceptors (Lipinski definition) is 1. The topological polar surface area (TPSA) is 9.23 Å². The van der Waals surface area contributed by atoms with Crippen LogP contribution in [0.4, 0.5) is 0 Å². The molecule has 1 unspecified atom stereocenters. The normalized spacial score (nSPS) is 25.6. The van der Waals surface area contributed by atoms with Gasteiger partial charge in [0.25, 0.3) is 0 Å². The average molecular weight is 126 g/mol. The summed E-state index contributed by atoms with van der Waals surface area (Å²) in [6, 6.07) is 0. The molecule has 0 saturated heterocycles. The molecule has 0 bridgehead atoms. The fourth-order valence-corrected chi connectivity index (χ4v) is 1.05. The molecule has 0 radical (unpaired) electrons. The van der Waals surface area contributed by atoms with Gasteiger partial charge in [-0.25, -0.2) is 0 Å². The zero-order valence-electron chi connectivity index (χ0n) is 6.18. The van der Waals surface area contributed by atoms with E-state index in [1.807, 2.05) is 6.26 Å². The van der Waals surface area contributed by atoms with Gasteiger partial charge in [-0.1, -0.05) is 13.8 Å². The van der Waals surface area contributed by atoms with Crippen LogP contribution < -0.4 is 0 Å². The highest BCUT2D eigenvalue weighted by molar-refractivity contribution is 5.03. The van der Waals surface area contributed by atoms with Gasteiger partial charge in [0.2, 0.25) is 0 Å². The predicted octanol–water partition coefficient (Wildman–Crippen LogP) is 2.48. The molecular weight excluding hydrogens is 112 g/mol. The molecule has 0 aromatic rings. The SMILES string of the molecule is CCC1=COC(CC)C1. The first-order valence-electron chi connectivity index (χ1n) is 3.70. The van der Waals surface area contributed by atoms with Crippen LogP contribution in [0, 0.1) is 0 Å². The van der Waals surface area contributed by atoms with Gasteiger partial charge in [0.1, 0.15) is 6.10 Å². The van der Waals surface area contributed by atoms with Crippen molar-refractivity contribution in [2.24, 2.45) is 0 Å². The summed E-state index contributed by atoms with van der Waals surface area (Å²) in [7, 11) is 0. The van der Waals surface area contributed by atoms with Crippen LogP contribution in [0.15, 0.2) is 11.8 Å². The molecule has 1 aliphatic rings. The number of hydrogen-bond donors (Lipinski definition) is 0. The molecule has 0 aliphatic carbocycles. The van der Waals surface area contributed by atoms with Gasteiger partial charge in [-0.05, 0) is 18.4 Å². The molecule has 1 atom stereocenters. The summed E-state index contributed by atoms with van der Waals surface area (Å²) < 4.78 is 5.34. The molecule has 0 aromatic carbocycles. The molecule has 0 fully saturated rings. The minimum atomic E-state index is 0.486. The second-order valence-corrected chi connectivity index (χ2v) is 2.50. The van der Waals surface area contributed by atoms with Gasteiger partial charge in [0.05, 0.1) is 6.26 Å². The third-order valence-corrected chi connectivity index (χ3v) is 1.83. The molecule has 0 saturated carbocycles. The van der Waals surface area contributed by atoms with Crippen molar-refractivity contribution < 1.29 is 4.74 Å². The fourth-order valence-electron chi connectivity index (χ4n) is 1.05. The maximum Gasteiger partial charge on any atom is 0.101 e. The standard InChI is InChI=1S/C8H14O/c1-3-7-5-8(4-2)9-6-7/h6,8H,3-5H2,1-2H3. The number of rotatable bonds is 2. The Balaban J connectivity index is 2.31. The smallest absolute Gasteiger partial charge is 0.101 e. The Bertz CT molecular complexity index is 116. The highest BCUT2D eigenvalue weighted by atomic mass is 16.5. The van der Waals surface area contributed by atoms with E-state index in [0.717, 1.165) is 19.3 Å². The van der Waals surface area contributed by atoms with Gasteiger partial charge in [-0.15, -0.1) is 0 Å². The van der Waals surface area contributed by atoms with Crippen LogP contribution in [0.5, 0.6) is 0 Å². The summed E-state index contributed by atoms with van der Waals surface area (Å²) in [6.45, 7) is 4.34. The van der Waals surface area contributed by atoms with Gasteiger partial charge in [-0.3, -0.25) is 0 Å². The van der Waals surface area contributed by atoms with E-state index in [9.17, 15) is 0 Å². The van der Waals surface area contributed by atoms with Crippen molar-refractivity contribution >= 4 is 0 Å². The molecule has 1 heterocycles. The Hall–Kier alpha value is -0.460. The van der Waals surface area contributed by atoms with E-state index in [-0.39, 0.29) is 0 Å². The van der Waals surface area contributed by atoms with Crippen LogP contribution in [0.3, 0.4) is 0 Å². The van der Waals surface area contributed by atoms with Crippen LogP contribution in [-0.2, 0) is 4.74 Å². The van der Waals surface area contributed by atoms with Crippen LogP contribution in [0.1, 0.15) is 33.1 Å². The second-order valence-electron chi connectivity index (χ2n) is 2.50. The molecule has 0 N–H and O–H groups in total. The summed E-state index contributed by atoms with van der Waals surface area (Å²) in [4.78, 5) is 0. The van der Waals surface area contributed by atoms with Gasteiger partial charge >= 0.3 is 0 Å². The maximum atomic E-state index is 5.34. The molecule has 1 nitrogen and oxygen atoms in total. The lowest BCUT2D eigenvalue weighted by atomic mass is 10.1. The molecule has 52 valence electrons. The molecule has 0 aromatic heterocycles. The molecular formula is C8H14O. The van der Waals surface area contributed by atoms with Crippen LogP contribution in [0.2, 0.25) is 0 Å². The fraction of sp³-hybridized carbons (Fsp3) is 0.750. The maximum absolute atomic E-state index is 5.34. The van der Waals surface area contributed by atoms with Gasteiger partial charge < -0.3 is 4.74 Å². The van der Waals surface area contributed by atoms with Crippen molar-refractivity contribution in [3.8, 4) is 0 Å². The van der Waals surface area contributed by atoms with Crippen LogP contribution in [-0.4, -0.2) is 6.10 Å². The van der Waals surface area contributed by atoms with Gasteiger partial charge in [0.15, 0.2) is 0 Å². The lowest BCUT2D eigenvalue weighted by Gasteiger charge is -2.04. The van der Waals surface area contributed by atoms with Crippen molar-refractivity contribution in [1.29, 1.82) is 0 Å². The van der Waals surface area contributed by atoms with E-state index in [1.165, 1.54) is 5.57 Å². The largest absolute Gasteiger partial charge is 0.498 e. The van der Waals surface area contributed by atoms with E-state index < -0.39 is 0 Å². The minimum Gasteiger partial charge on any atom is -0.498 e. The lowest BCUT2D eigenvalue weighted by molar-refractivity contribution is 0.166. The Morgan fingerprint density at radius 1 is 1.67 bits per heavy atom. The monoisotopic (exact) mass is 126 g/mol. The summed E-state index contributed by atoms with van der Waals surface area (Å²) in [5.74, 6) is 0. The van der Waals surface area contributed by atoms with Crippen molar-refractivity contribution in [3.05, 3.63) is 11.8 Å². The molecule has 1 aliphatic heterocycles. The molecule has 9 heavy (non-hydrogen) atoms. The van der Waals surface area contributed by atoms with E-state index in [4.69, 9.17) is 4.74 Å². The molecule has 0 amide bonds.